The number of benzene rings is 2. The summed E-state index contributed by atoms with van der Waals surface area (Å²) in [6, 6.07) is 16.4. The number of aromatic nitrogens is 2. The van der Waals surface area contributed by atoms with E-state index >= 15 is 0 Å². The van der Waals surface area contributed by atoms with Gasteiger partial charge in [-0.3, -0.25) is 9.59 Å². The topological polar surface area (TPSA) is 69.3 Å². The van der Waals surface area contributed by atoms with Crippen LogP contribution in [0.4, 0.5) is 10.1 Å². The Morgan fingerprint density at radius 3 is 2.41 bits per heavy atom. The molecular formula is C24H25FN4O2S. The molecule has 166 valence electrons. The number of hydrogen-bond acceptors (Lipinski definition) is 5. The zero-order valence-corrected chi connectivity index (χ0v) is 18.7. The van der Waals surface area contributed by atoms with Crippen molar-refractivity contribution >= 4 is 23.4 Å². The number of piperazine rings is 1. The van der Waals surface area contributed by atoms with Crippen molar-refractivity contribution < 1.29 is 9.18 Å². The molecule has 0 unspecified atom stereocenters. The molecule has 32 heavy (non-hydrogen) atoms. The summed E-state index contributed by atoms with van der Waals surface area (Å²) in [5, 5.41) is 0.556. The number of thioether (sulfide) groups is 1. The van der Waals surface area contributed by atoms with E-state index in [4.69, 9.17) is 0 Å². The zero-order valence-electron chi connectivity index (χ0n) is 17.9. The van der Waals surface area contributed by atoms with Crippen LogP contribution in [0, 0.1) is 12.7 Å². The Labute approximate surface area is 190 Å². The number of aryl methyl sites for hydroxylation is 1. The van der Waals surface area contributed by atoms with Gasteiger partial charge in [-0.05, 0) is 36.8 Å². The Kier molecular flexibility index (Phi) is 6.90. The van der Waals surface area contributed by atoms with Gasteiger partial charge >= 0.3 is 0 Å². The predicted octanol–water partition coefficient (Wildman–Crippen LogP) is 3.40. The van der Waals surface area contributed by atoms with Crippen LogP contribution in [0.25, 0.3) is 0 Å². The minimum Gasteiger partial charge on any atom is -0.368 e. The van der Waals surface area contributed by atoms with Gasteiger partial charge in [0.1, 0.15) is 5.82 Å². The molecule has 1 aromatic heterocycles. The normalized spacial score (nSPS) is 13.9. The van der Waals surface area contributed by atoms with Gasteiger partial charge in [-0.2, -0.15) is 0 Å². The Bertz CT molecular complexity index is 1130. The molecule has 0 atom stereocenters. The van der Waals surface area contributed by atoms with Crippen LogP contribution in [0.15, 0.2) is 64.5 Å². The summed E-state index contributed by atoms with van der Waals surface area (Å²) >= 11 is 1.47. The summed E-state index contributed by atoms with van der Waals surface area (Å²) in [5.41, 5.74) is 2.84. The fourth-order valence-corrected chi connectivity index (χ4v) is 4.58. The lowest BCUT2D eigenvalue weighted by atomic mass is 10.1. The summed E-state index contributed by atoms with van der Waals surface area (Å²) in [6.45, 7) is 4.23. The van der Waals surface area contributed by atoms with Gasteiger partial charge in [-0.25, -0.2) is 9.37 Å². The molecule has 0 saturated carbocycles. The van der Waals surface area contributed by atoms with E-state index < -0.39 is 0 Å². The number of carbonyl (C=O) groups is 1. The number of aromatic amines is 1. The summed E-state index contributed by atoms with van der Waals surface area (Å²) in [4.78, 5) is 36.7. The molecule has 8 heteroatoms. The highest BCUT2D eigenvalue weighted by Crippen LogP contribution is 2.20. The third-order valence-corrected chi connectivity index (χ3v) is 6.52. The van der Waals surface area contributed by atoms with Crippen molar-refractivity contribution in [2.75, 3.05) is 31.1 Å². The van der Waals surface area contributed by atoms with Crippen LogP contribution in [-0.2, 0) is 17.0 Å². The molecule has 1 aliphatic heterocycles. The quantitative estimate of drug-likeness (QED) is 0.459. The van der Waals surface area contributed by atoms with Gasteiger partial charge in [0.15, 0.2) is 5.16 Å². The Morgan fingerprint density at radius 2 is 1.75 bits per heavy atom. The van der Waals surface area contributed by atoms with Gasteiger partial charge in [0, 0.05) is 48.9 Å². The first kappa shape index (κ1) is 22.1. The summed E-state index contributed by atoms with van der Waals surface area (Å²) in [6.07, 6.45) is 0.0361. The van der Waals surface area contributed by atoms with Crippen molar-refractivity contribution in [3.63, 3.8) is 0 Å². The van der Waals surface area contributed by atoms with Gasteiger partial charge in [0.25, 0.3) is 5.56 Å². The molecule has 1 fully saturated rings. The number of nitrogens with zero attached hydrogens (tertiary/aromatic N) is 3. The number of amides is 1. The van der Waals surface area contributed by atoms with Gasteiger partial charge < -0.3 is 14.8 Å². The monoisotopic (exact) mass is 452 g/mol. The Hall–Kier alpha value is -3.13. The van der Waals surface area contributed by atoms with E-state index in [1.54, 1.807) is 24.0 Å². The standard InChI is InChI=1S/C24H25FN4O2S/c1-17-21(23(31)27-24(26-17)32-16-18-5-3-2-4-6-18)15-22(30)29-13-11-28(12-14-29)20-9-7-19(25)8-10-20/h2-10H,11-16H2,1H3,(H,26,27,31). The molecule has 1 amide bonds. The number of rotatable bonds is 6. The van der Waals surface area contributed by atoms with E-state index in [0.29, 0.717) is 48.3 Å². The molecule has 2 heterocycles. The van der Waals surface area contributed by atoms with E-state index in [-0.39, 0.29) is 23.7 Å². The summed E-state index contributed by atoms with van der Waals surface area (Å²) < 4.78 is 13.1. The highest BCUT2D eigenvalue weighted by Gasteiger charge is 2.23. The van der Waals surface area contributed by atoms with E-state index in [1.165, 1.54) is 23.9 Å². The van der Waals surface area contributed by atoms with Crippen molar-refractivity contribution in [3.05, 3.63) is 87.6 Å². The van der Waals surface area contributed by atoms with Crippen molar-refractivity contribution in [3.8, 4) is 0 Å². The van der Waals surface area contributed by atoms with Crippen molar-refractivity contribution in [2.24, 2.45) is 0 Å². The van der Waals surface area contributed by atoms with Crippen LogP contribution >= 0.6 is 11.8 Å². The Balaban J connectivity index is 1.35. The second-order valence-electron chi connectivity index (χ2n) is 7.73. The molecule has 0 bridgehead atoms. The lowest BCUT2D eigenvalue weighted by molar-refractivity contribution is -0.130. The highest BCUT2D eigenvalue weighted by molar-refractivity contribution is 7.98. The molecule has 0 aliphatic carbocycles. The lowest BCUT2D eigenvalue weighted by Crippen LogP contribution is -2.49. The van der Waals surface area contributed by atoms with Gasteiger partial charge in [0.05, 0.1) is 6.42 Å². The number of hydrogen-bond donors (Lipinski definition) is 1. The number of anilines is 1. The SMILES string of the molecule is Cc1nc(SCc2ccccc2)[nH]c(=O)c1CC(=O)N1CCN(c2ccc(F)cc2)CC1. The predicted molar refractivity (Wildman–Crippen MR) is 124 cm³/mol. The maximum absolute atomic E-state index is 13.1. The first-order valence-electron chi connectivity index (χ1n) is 10.5. The van der Waals surface area contributed by atoms with E-state index in [2.05, 4.69) is 14.9 Å². The first-order chi connectivity index (χ1) is 15.5. The Morgan fingerprint density at radius 1 is 1.06 bits per heavy atom. The van der Waals surface area contributed by atoms with Crippen molar-refractivity contribution in [1.82, 2.24) is 14.9 Å². The van der Waals surface area contributed by atoms with Crippen LogP contribution in [0.1, 0.15) is 16.8 Å². The zero-order chi connectivity index (χ0) is 22.5. The molecule has 0 radical (unpaired) electrons. The summed E-state index contributed by atoms with van der Waals surface area (Å²) in [7, 11) is 0. The largest absolute Gasteiger partial charge is 0.368 e. The first-order valence-corrected chi connectivity index (χ1v) is 11.5. The van der Waals surface area contributed by atoms with Crippen molar-refractivity contribution in [2.45, 2.75) is 24.3 Å². The fourth-order valence-electron chi connectivity index (χ4n) is 3.72. The third kappa shape index (κ3) is 5.37. The van der Waals surface area contributed by atoms with Crippen LogP contribution in [0.5, 0.6) is 0 Å². The third-order valence-electron chi connectivity index (χ3n) is 5.57. The number of carbonyl (C=O) groups excluding carboxylic acids is 1. The second kappa shape index (κ2) is 9.99. The lowest BCUT2D eigenvalue weighted by Gasteiger charge is -2.36. The molecule has 1 saturated heterocycles. The van der Waals surface area contributed by atoms with Gasteiger partial charge in [-0.1, -0.05) is 42.1 Å². The van der Waals surface area contributed by atoms with Gasteiger partial charge in [-0.15, -0.1) is 0 Å². The smallest absolute Gasteiger partial charge is 0.255 e. The van der Waals surface area contributed by atoms with Crippen LogP contribution in [0.3, 0.4) is 0 Å². The highest BCUT2D eigenvalue weighted by atomic mass is 32.2. The molecule has 6 nitrogen and oxygen atoms in total. The second-order valence-corrected chi connectivity index (χ2v) is 8.69. The number of nitrogens with one attached hydrogen (secondary N) is 1. The molecule has 1 aliphatic rings. The van der Waals surface area contributed by atoms with Crippen LogP contribution < -0.4 is 10.5 Å². The van der Waals surface area contributed by atoms with Crippen molar-refractivity contribution in [1.29, 1.82) is 0 Å². The number of H-pyrrole nitrogens is 1. The summed E-state index contributed by atoms with van der Waals surface area (Å²) in [5.74, 6) is 0.366. The number of halogens is 1. The molecule has 0 spiro atoms. The van der Waals surface area contributed by atoms with E-state index in [1.807, 2.05) is 30.3 Å². The minimum absolute atomic E-state index is 0.0361. The fraction of sp³-hybridized carbons (Fsp3) is 0.292. The minimum atomic E-state index is -0.263. The van der Waals surface area contributed by atoms with E-state index in [0.717, 1.165) is 11.3 Å². The molecule has 4 rings (SSSR count). The molecule has 3 aromatic rings. The molecular weight excluding hydrogens is 427 g/mol. The molecule has 1 N–H and O–H groups in total. The van der Waals surface area contributed by atoms with Gasteiger partial charge in [0.2, 0.25) is 5.91 Å². The molecule has 2 aromatic carbocycles. The average Bonchev–Trinajstić information content (AvgIpc) is 2.81. The average molecular weight is 453 g/mol. The van der Waals surface area contributed by atoms with E-state index in [9.17, 15) is 14.0 Å². The van der Waals surface area contributed by atoms with Crippen LogP contribution in [-0.4, -0.2) is 47.0 Å². The maximum atomic E-state index is 13.1. The maximum Gasteiger partial charge on any atom is 0.255 e. The van der Waals surface area contributed by atoms with Crippen LogP contribution in [0.2, 0.25) is 0 Å².